The highest BCUT2D eigenvalue weighted by Crippen LogP contribution is 2.20. The number of benzene rings is 1. The fraction of sp³-hybridized carbons (Fsp3) is 0.529. The standard InChI is InChI=1S/C17H25N3O3/c1-12(2)20-9-8-19(11-14(20)17(18)22)16(21)10-13-6-4-5-7-15(13)23-3/h4-7,12,14H,8-11H2,1-3H3,(H2,18,22)/t14-/m1/s1. The Kier molecular flexibility index (Phi) is 5.60. The van der Waals surface area contributed by atoms with Crippen LogP contribution in [0.4, 0.5) is 0 Å². The molecule has 0 radical (unpaired) electrons. The molecule has 2 rings (SSSR count). The highest BCUT2D eigenvalue weighted by Gasteiger charge is 2.34. The number of rotatable bonds is 5. The van der Waals surface area contributed by atoms with Gasteiger partial charge in [-0.3, -0.25) is 14.5 Å². The minimum absolute atomic E-state index is 0.0100. The Hall–Kier alpha value is -2.08. The van der Waals surface area contributed by atoms with Gasteiger partial charge in [-0.05, 0) is 19.9 Å². The van der Waals surface area contributed by atoms with E-state index >= 15 is 0 Å². The largest absolute Gasteiger partial charge is 0.496 e. The Bertz CT molecular complexity index is 574. The molecule has 1 aliphatic heterocycles. The van der Waals surface area contributed by atoms with Crippen LogP contribution in [0.15, 0.2) is 24.3 Å². The number of piperazine rings is 1. The maximum absolute atomic E-state index is 12.6. The topological polar surface area (TPSA) is 75.9 Å². The van der Waals surface area contributed by atoms with Crippen molar-refractivity contribution in [3.8, 4) is 5.75 Å². The van der Waals surface area contributed by atoms with Crippen molar-refractivity contribution in [1.82, 2.24) is 9.80 Å². The molecule has 1 fully saturated rings. The van der Waals surface area contributed by atoms with Gasteiger partial charge in [0.25, 0.3) is 0 Å². The molecule has 0 aliphatic carbocycles. The third-order valence-electron chi connectivity index (χ3n) is 4.30. The predicted octanol–water partition coefficient (Wildman–Crippen LogP) is 0.644. The fourth-order valence-electron chi connectivity index (χ4n) is 3.02. The summed E-state index contributed by atoms with van der Waals surface area (Å²) < 4.78 is 5.29. The zero-order valence-electron chi connectivity index (χ0n) is 14.0. The van der Waals surface area contributed by atoms with E-state index < -0.39 is 6.04 Å². The first-order chi connectivity index (χ1) is 10.9. The van der Waals surface area contributed by atoms with Crippen LogP contribution in [0.25, 0.3) is 0 Å². The first-order valence-electron chi connectivity index (χ1n) is 7.88. The maximum Gasteiger partial charge on any atom is 0.236 e. The van der Waals surface area contributed by atoms with Crippen LogP contribution in [-0.2, 0) is 16.0 Å². The summed E-state index contributed by atoms with van der Waals surface area (Å²) in [5.41, 5.74) is 6.37. The van der Waals surface area contributed by atoms with Gasteiger partial charge >= 0.3 is 0 Å². The molecule has 1 aromatic rings. The molecule has 2 amide bonds. The number of primary amides is 1. The monoisotopic (exact) mass is 319 g/mol. The number of nitrogens with zero attached hydrogens (tertiary/aromatic N) is 2. The number of carbonyl (C=O) groups excluding carboxylic acids is 2. The number of carbonyl (C=O) groups is 2. The molecule has 0 saturated carbocycles. The second kappa shape index (κ2) is 7.46. The second-order valence-corrected chi connectivity index (χ2v) is 6.08. The van der Waals surface area contributed by atoms with E-state index in [2.05, 4.69) is 4.90 Å². The summed E-state index contributed by atoms with van der Waals surface area (Å²) in [5, 5.41) is 0. The molecule has 0 bridgehead atoms. The van der Waals surface area contributed by atoms with Crippen LogP contribution in [0.5, 0.6) is 5.75 Å². The van der Waals surface area contributed by atoms with E-state index in [9.17, 15) is 9.59 Å². The smallest absolute Gasteiger partial charge is 0.236 e. The molecule has 1 atom stereocenters. The minimum Gasteiger partial charge on any atom is -0.496 e. The van der Waals surface area contributed by atoms with Gasteiger partial charge in [-0.2, -0.15) is 0 Å². The zero-order valence-corrected chi connectivity index (χ0v) is 14.0. The van der Waals surface area contributed by atoms with Crippen LogP contribution < -0.4 is 10.5 Å². The Labute approximate surface area is 137 Å². The number of para-hydroxylation sites is 1. The third kappa shape index (κ3) is 4.01. The van der Waals surface area contributed by atoms with Crippen molar-refractivity contribution in [2.75, 3.05) is 26.7 Å². The summed E-state index contributed by atoms with van der Waals surface area (Å²) in [6.07, 6.45) is 0.261. The van der Waals surface area contributed by atoms with Crippen LogP contribution in [0, 0.1) is 0 Å². The van der Waals surface area contributed by atoms with Crippen LogP contribution in [0.1, 0.15) is 19.4 Å². The number of methoxy groups -OCH3 is 1. The number of hydrogen-bond acceptors (Lipinski definition) is 4. The van der Waals surface area contributed by atoms with Crippen molar-refractivity contribution in [1.29, 1.82) is 0 Å². The lowest BCUT2D eigenvalue weighted by Crippen LogP contribution is -2.61. The molecule has 6 heteroatoms. The number of nitrogens with two attached hydrogens (primary N) is 1. The molecular weight excluding hydrogens is 294 g/mol. The Morgan fingerprint density at radius 3 is 2.61 bits per heavy atom. The zero-order chi connectivity index (χ0) is 17.0. The molecule has 1 heterocycles. The molecule has 126 valence electrons. The van der Waals surface area contributed by atoms with Crippen molar-refractivity contribution < 1.29 is 14.3 Å². The lowest BCUT2D eigenvalue weighted by atomic mass is 10.1. The molecule has 0 aromatic heterocycles. The van der Waals surface area contributed by atoms with Crippen molar-refractivity contribution in [2.24, 2.45) is 5.73 Å². The summed E-state index contributed by atoms with van der Waals surface area (Å²) in [6.45, 7) is 5.67. The first kappa shape index (κ1) is 17.3. The molecule has 1 aromatic carbocycles. The molecule has 1 saturated heterocycles. The maximum atomic E-state index is 12.6. The van der Waals surface area contributed by atoms with Gasteiger partial charge in [0.2, 0.25) is 11.8 Å². The molecule has 6 nitrogen and oxygen atoms in total. The van der Waals surface area contributed by atoms with Crippen LogP contribution in [-0.4, -0.2) is 60.4 Å². The lowest BCUT2D eigenvalue weighted by molar-refractivity contribution is -0.137. The molecule has 0 spiro atoms. The first-order valence-corrected chi connectivity index (χ1v) is 7.88. The van der Waals surface area contributed by atoms with E-state index in [-0.39, 0.29) is 24.3 Å². The van der Waals surface area contributed by atoms with Crippen molar-refractivity contribution in [2.45, 2.75) is 32.4 Å². The van der Waals surface area contributed by atoms with Crippen molar-refractivity contribution in [3.05, 3.63) is 29.8 Å². The summed E-state index contributed by atoms with van der Waals surface area (Å²) in [5.74, 6) is 0.311. The normalized spacial score (nSPS) is 19.0. The highest BCUT2D eigenvalue weighted by atomic mass is 16.5. The quantitative estimate of drug-likeness (QED) is 0.864. The average molecular weight is 319 g/mol. The van der Waals surface area contributed by atoms with Gasteiger partial charge in [0, 0.05) is 31.2 Å². The van der Waals surface area contributed by atoms with Gasteiger partial charge in [0.05, 0.1) is 13.5 Å². The van der Waals surface area contributed by atoms with Crippen molar-refractivity contribution >= 4 is 11.8 Å². The summed E-state index contributed by atoms with van der Waals surface area (Å²) in [4.78, 5) is 28.1. The molecular formula is C17H25N3O3. The summed E-state index contributed by atoms with van der Waals surface area (Å²) in [6, 6.07) is 7.27. The molecule has 2 N–H and O–H groups in total. The van der Waals surface area contributed by atoms with E-state index in [1.165, 1.54) is 0 Å². The van der Waals surface area contributed by atoms with Gasteiger partial charge in [-0.15, -0.1) is 0 Å². The Balaban J connectivity index is 2.07. The number of ether oxygens (including phenoxy) is 1. The molecule has 1 aliphatic rings. The van der Waals surface area contributed by atoms with E-state index in [4.69, 9.17) is 10.5 Å². The highest BCUT2D eigenvalue weighted by molar-refractivity contribution is 5.83. The van der Waals surface area contributed by atoms with Crippen LogP contribution in [0.2, 0.25) is 0 Å². The summed E-state index contributed by atoms with van der Waals surface area (Å²) >= 11 is 0. The Morgan fingerprint density at radius 1 is 1.30 bits per heavy atom. The molecule has 0 unspecified atom stereocenters. The lowest BCUT2D eigenvalue weighted by Gasteiger charge is -2.42. The Morgan fingerprint density at radius 2 is 2.00 bits per heavy atom. The average Bonchev–Trinajstić information content (AvgIpc) is 2.54. The number of hydrogen-bond donors (Lipinski definition) is 1. The SMILES string of the molecule is COc1ccccc1CC(=O)N1CCN(C(C)C)[C@@H](C(N)=O)C1. The van der Waals surface area contributed by atoms with Gasteiger partial charge in [0.1, 0.15) is 11.8 Å². The van der Waals surface area contributed by atoms with Gasteiger partial charge in [-0.25, -0.2) is 0 Å². The minimum atomic E-state index is -0.426. The molecule has 23 heavy (non-hydrogen) atoms. The van der Waals surface area contributed by atoms with E-state index in [0.717, 1.165) is 5.56 Å². The van der Waals surface area contributed by atoms with Crippen LogP contribution >= 0.6 is 0 Å². The van der Waals surface area contributed by atoms with Crippen molar-refractivity contribution in [3.63, 3.8) is 0 Å². The van der Waals surface area contributed by atoms with E-state index in [0.29, 0.717) is 25.4 Å². The number of amides is 2. The second-order valence-electron chi connectivity index (χ2n) is 6.08. The third-order valence-corrected chi connectivity index (χ3v) is 4.30. The van der Waals surface area contributed by atoms with Gasteiger partial charge < -0.3 is 15.4 Å². The predicted molar refractivity (Wildman–Crippen MR) is 88.1 cm³/mol. The van der Waals surface area contributed by atoms with E-state index in [1.807, 2.05) is 38.1 Å². The fourth-order valence-corrected chi connectivity index (χ4v) is 3.02. The van der Waals surface area contributed by atoms with Gasteiger partial charge in [0.15, 0.2) is 0 Å². The summed E-state index contributed by atoms with van der Waals surface area (Å²) in [7, 11) is 1.59. The van der Waals surface area contributed by atoms with Gasteiger partial charge in [-0.1, -0.05) is 18.2 Å². The van der Waals surface area contributed by atoms with Crippen LogP contribution in [0.3, 0.4) is 0 Å². The van der Waals surface area contributed by atoms with E-state index in [1.54, 1.807) is 12.0 Å².